The van der Waals surface area contributed by atoms with E-state index in [4.69, 9.17) is 10.5 Å². The molecule has 0 aromatic carbocycles. The number of hydrogen-bond acceptors (Lipinski definition) is 4. The third-order valence-corrected chi connectivity index (χ3v) is 6.18. The molecule has 0 radical (unpaired) electrons. The number of carbonyl (C=O) groups is 1. The Morgan fingerprint density at radius 1 is 1.33 bits per heavy atom. The first-order valence-electron chi connectivity index (χ1n) is 9.85. The minimum Gasteiger partial charge on any atom is -0.444 e. The summed E-state index contributed by atoms with van der Waals surface area (Å²) in [5.41, 5.74) is 9.87. The maximum Gasteiger partial charge on any atom is 0.410 e. The number of carbonyl (C=O) groups excluding carboxylic acids is 1. The number of nitrogens with zero attached hydrogens (tertiary/aromatic N) is 3. The summed E-state index contributed by atoms with van der Waals surface area (Å²) in [5.74, 6) is 0.891. The van der Waals surface area contributed by atoms with Crippen LogP contribution in [-0.2, 0) is 11.8 Å². The van der Waals surface area contributed by atoms with Gasteiger partial charge >= 0.3 is 6.09 Å². The van der Waals surface area contributed by atoms with Crippen LogP contribution in [0.1, 0.15) is 57.1 Å². The van der Waals surface area contributed by atoms with Crippen molar-refractivity contribution in [1.82, 2.24) is 14.5 Å². The first-order chi connectivity index (χ1) is 12.7. The Labute approximate surface area is 160 Å². The number of aromatic nitrogens is 2. The summed E-state index contributed by atoms with van der Waals surface area (Å²) < 4.78 is 7.74. The highest BCUT2D eigenvalue weighted by Gasteiger charge is 2.45. The van der Waals surface area contributed by atoms with E-state index in [1.807, 2.05) is 32.7 Å². The normalized spacial score (nSPS) is 25.2. The molecule has 5 rings (SSSR count). The zero-order chi connectivity index (χ0) is 19.5. The molecule has 146 valence electrons. The maximum atomic E-state index is 12.6. The fourth-order valence-corrected chi connectivity index (χ4v) is 4.87. The summed E-state index contributed by atoms with van der Waals surface area (Å²) in [6.45, 7) is 8.62. The fraction of sp³-hybridized carbons (Fsp3) is 0.619. The lowest BCUT2D eigenvalue weighted by atomic mass is 9.69. The van der Waals surface area contributed by atoms with Crippen LogP contribution in [0.3, 0.4) is 0 Å². The molecule has 1 aliphatic carbocycles. The highest BCUT2D eigenvalue weighted by Crippen LogP contribution is 2.47. The van der Waals surface area contributed by atoms with E-state index in [0.717, 1.165) is 42.7 Å². The second-order valence-electron chi connectivity index (χ2n) is 9.20. The van der Waals surface area contributed by atoms with Crippen molar-refractivity contribution < 1.29 is 9.53 Å². The van der Waals surface area contributed by atoms with Crippen molar-refractivity contribution in [1.29, 1.82) is 0 Å². The van der Waals surface area contributed by atoms with Crippen molar-refractivity contribution in [2.75, 3.05) is 12.3 Å². The SMILES string of the molecule is Cc1c(N)cnc2c1c(C1CC3CCC1CN3C(=O)OC(C)(C)C)cn2C. The smallest absolute Gasteiger partial charge is 0.410 e. The van der Waals surface area contributed by atoms with Gasteiger partial charge in [-0.1, -0.05) is 0 Å². The number of ether oxygens (including phenoxy) is 1. The molecule has 4 heterocycles. The Bertz CT molecular complexity index is 896. The van der Waals surface area contributed by atoms with Crippen LogP contribution in [0, 0.1) is 12.8 Å². The Balaban J connectivity index is 1.65. The lowest BCUT2D eigenvalue weighted by Gasteiger charge is -2.49. The van der Waals surface area contributed by atoms with E-state index in [1.54, 1.807) is 6.20 Å². The predicted octanol–water partition coefficient (Wildman–Crippen LogP) is 3.97. The first-order valence-corrected chi connectivity index (χ1v) is 9.85. The van der Waals surface area contributed by atoms with E-state index in [2.05, 4.69) is 22.7 Å². The number of rotatable bonds is 1. The van der Waals surface area contributed by atoms with Gasteiger partial charge in [0.1, 0.15) is 11.2 Å². The zero-order valence-corrected chi connectivity index (χ0v) is 17.0. The Kier molecular flexibility index (Phi) is 4.13. The molecule has 2 saturated heterocycles. The zero-order valence-electron chi connectivity index (χ0n) is 17.0. The lowest BCUT2D eigenvalue weighted by Crippen LogP contribution is -2.54. The van der Waals surface area contributed by atoms with Crippen LogP contribution in [0.5, 0.6) is 0 Å². The van der Waals surface area contributed by atoms with Gasteiger partial charge in [0.2, 0.25) is 0 Å². The average molecular weight is 370 g/mol. The number of fused-ring (bicyclic) bond motifs is 4. The number of pyridine rings is 1. The summed E-state index contributed by atoms with van der Waals surface area (Å²) >= 11 is 0. The average Bonchev–Trinajstić information content (AvgIpc) is 2.94. The van der Waals surface area contributed by atoms with Gasteiger partial charge in [-0.2, -0.15) is 0 Å². The number of nitrogen functional groups attached to an aromatic ring is 1. The molecule has 3 atom stereocenters. The van der Waals surface area contributed by atoms with Gasteiger partial charge in [0.25, 0.3) is 0 Å². The van der Waals surface area contributed by atoms with Crippen LogP contribution in [0.2, 0.25) is 0 Å². The summed E-state index contributed by atoms with van der Waals surface area (Å²) in [6, 6.07) is 0.249. The predicted molar refractivity (Wildman–Crippen MR) is 107 cm³/mol. The first kappa shape index (κ1) is 18.1. The van der Waals surface area contributed by atoms with Crippen LogP contribution in [0.4, 0.5) is 10.5 Å². The highest BCUT2D eigenvalue weighted by atomic mass is 16.6. The molecule has 1 saturated carbocycles. The Morgan fingerprint density at radius 2 is 2.07 bits per heavy atom. The minimum atomic E-state index is -0.455. The topological polar surface area (TPSA) is 73.4 Å². The van der Waals surface area contributed by atoms with Gasteiger partial charge in [0.05, 0.1) is 11.9 Å². The molecule has 3 unspecified atom stereocenters. The molecule has 3 aliphatic rings. The fourth-order valence-electron chi connectivity index (χ4n) is 4.87. The van der Waals surface area contributed by atoms with E-state index in [-0.39, 0.29) is 12.1 Å². The van der Waals surface area contributed by atoms with Crippen molar-refractivity contribution in [2.45, 2.75) is 64.5 Å². The van der Waals surface area contributed by atoms with E-state index in [0.29, 0.717) is 11.8 Å². The number of anilines is 1. The molecule has 0 spiro atoms. The minimum absolute atomic E-state index is 0.171. The standard InChI is InChI=1S/C21H30N4O2/c1-12-17(22)9-23-19-18(12)16(11-24(19)5)15-8-14-7-6-13(15)10-25(14)20(26)27-21(2,3)4/h9,11,13-15H,6-8,10,22H2,1-5H3. The summed E-state index contributed by atoms with van der Waals surface area (Å²) in [5, 5.41) is 1.19. The van der Waals surface area contributed by atoms with Crippen molar-refractivity contribution in [3.8, 4) is 0 Å². The van der Waals surface area contributed by atoms with Crippen LogP contribution < -0.4 is 5.73 Å². The van der Waals surface area contributed by atoms with Gasteiger partial charge in [0.15, 0.2) is 0 Å². The number of piperidine rings is 2. The molecule has 3 fully saturated rings. The second kappa shape index (κ2) is 6.14. The molecule has 6 heteroatoms. The van der Waals surface area contributed by atoms with Crippen LogP contribution in [0.15, 0.2) is 12.4 Å². The van der Waals surface area contributed by atoms with E-state index >= 15 is 0 Å². The quantitative estimate of drug-likeness (QED) is 0.824. The van der Waals surface area contributed by atoms with Gasteiger partial charge in [-0.15, -0.1) is 0 Å². The van der Waals surface area contributed by atoms with Crippen molar-refractivity contribution in [3.63, 3.8) is 0 Å². The molecule has 1 amide bonds. The highest BCUT2D eigenvalue weighted by molar-refractivity contribution is 5.88. The maximum absolute atomic E-state index is 12.6. The molecular formula is C21H30N4O2. The summed E-state index contributed by atoms with van der Waals surface area (Å²) in [7, 11) is 2.04. The van der Waals surface area contributed by atoms with Gasteiger partial charge < -0.3 is 19.9 Å². The van der Waals surface area contributed by atoms with Gasteiger partial charge in [-0.05, 0) is 69.9 Å². The van der Waals surface area contributed by atoms with Crippen LogP contribution in [0.25, 0.3) is 11.0 Å². The summed E-state index contributed by atoms with van der Waals surface area (Å²) in [6.07, 6.45) is 6.99. The van der Waals surface area contributed by atoms with E-state index in [1.165, 1.54) is 10.9 Å². The second-order valence-corrected chi connectivity index (χ2v) is 9.20. The molecule has 2 aromatic heterocycles. The number of hydrogen-bond donors (Lipinski definition) is 1. The van der Waals surface area contributed by atoms with Gasteiger partial charge in [0, 0.05) is 31.2 Å². The molecule has 2 aliphatic heterocycles. The third-order valence-electron chi connectivity index (χ3n) is 6.18. The molecular weight excluding hydrogens is 340 g/mol. The molecule has 2 N–H and O–H groups in total. The lowest BCUT2D eigenvalue weighted by molar-refractivity contribution is -0.0178. The molecule has 27 heavy (non-hydrogen) atoms. The molecule has 6 nitrogen and oxygen atoms in total. The van der Waals surface area contributed by atoms with Crippen molar-refractivity contribution >= 4 is 22.8 Å². The van der Waals surface area contributed by atoms with Gasteiger partial charge in [-0.3, -0.25) is 0 Å². The molecule has 2 bridgehead atoms. The summed E-state index contributed by atoms with van der Waals surface area (Å²) in [4.78, 5) is 19.1. The Morgan fingerprint density at radius 3 is 2.70 bits per heavy atom. The van der Waals surface area contributed by atoms with Gasteiger partial charge in [-0.25, -0.2) is 9.78 Å². The third kappa shape index (κ3) is 3.05. The number of amides is 1. The molecule has 2 aromatic rings. The number of nitrogens with two attached hydrogens (primary N) is 1. The van der Waals surface area contributed by atoms with Crippen molar-refractivity contribution in [3.05, 3.63) is 23.5 Å². The van der Waals surface area contributed by atoms with Crippen LogP contribution in [-0.4, -0.2) is 38.7 Å². The monoisotopic (exact) mass is 370 g/mol. The Hall–Kier alpha value is -2.24. The largest absolute Gasteiger partial charge is 0.444 e. The van der Waals surface area contributed by atoms with Crippen LogP contribution >= 0.6 is 0 Å². The van der Waals surface area contributed by atoms with E-state index < -0.39 is 5.60 Å². The van der Waals surface area contributed by atoms with E-state index in [9.17, 15) is 4.79 Å². The number of aryl methyl sites for hydroxylation is 2. The van der Waals surface area contributed by atoms with Crippen molar-refractivity contribution in [2.24, 2.45) is 13.0 Å².